The van der Waals surface area contributed by atoms with Crippen molar-refractivity contribution >= 4 is 39.4 Å². The molecule has 2 amide bonds. The summed E-state index contributed by atoms with van der Waals surface area (Å²) in [6, 6.07) is 7.97. The van der Waals surface area contributed by atoms with Gasteiger partial charge in [-0.25, -0.2) is 19.6 Å². The van der Waals surface area contributed by atoms with Gasteiger partial charge in [0.15, 0.2) is 5.13 Å². The van der Waals surface area contributed by atoms with E-state index in [0.717, 1.165) is 23.2 Å². The summed E-state index contributed by atoms with van der Waals surface area (Å²) in [7, 11) is 0. The van der Waals surface area contributed by atoms with Gasteiger partial charge in [0, 0.05) is 30.0 Å². The van der Waals surface area contributed by atoms with Crippen molar-refractivity contribution in [2.75, 3.05) is 11.4 Å². The molecule has 1 unspecified atom stereocenters. The van der Waals surface area contributed by atoms with Gasteiger partial charge in [0.05, 0.1) is 17.5 Å². The fourth-order valence-electron chi connectivity index (χ4n) is 4.19. The summed E-state index contributed by atoms with van der Waals surface area (Å²) in [4.78, 5) is 39.9. The molecule has 0 aliphatic rings. The standard InChI is InChI=1S/C31H33F4N5O4S/c1-29(2,3)43-27(41)39-22(11-18-7-10-24(36-14-18)31(33,34)35)17-40(28(42)44-30(4,5)6)26-38-16-23(45-26)19-8-9-20-15-37-25(32)13-21(20)12-19/h7-10,12-16,22H,11,17H2,1-6H3,(H,39,41). The third-order valence-electron chi connectivity index (χ3n) is 6.03. The summed E-state index contributed by atoms with van der Waals surface area (Å²) in [6.45, 7) is 9.98. The van der Waals surface area contributed by atoms with Crippen molar-refractivity contribution in [3.63, 3.8) is 0 Å². The smallest absolute Gasteiger partial charge is 0.433 e. The van der Waals surface area contributed by atoms with Crippen molar-refractivity contribution < 1.29 is 36.6 Å². The van der Waals surface area contributed by atoms with Crippen LogP contribution in [0.4, 0.5) is 32.3 Å². The highest BCUT2D eigenvalue weighted by atomic mass is 32.1. The van der Waals surface area contributed by atoms with E-state index in [0.29, 0.717) is 15.8 Å². The van der Waals surface area contributed by atoms with Crippen LogP contribution in [0.25, 0.3) is 21.2 Å². The maximum atomic E-state index is 13.8. The summed E-state index contributed by atoms with van der Waals surface area (Å²) in [5.41, 5.74) is -1.66. The molecule has 0 aliphatic carbocycles. The van der Waals surface area contributed by atoms with Crippen LogP contribution in [0.2, 0.25) is 0 Å². The third-order valence-corrected chi connectivity index (χ3v) is 7.10. The van der Waals surface area contributed by atoms with Gasteiger partial charge in [-0.2, -0.15) is 17.6 Å². The Labute approximate surface area is 261 Å². The number of carbonyl (C=O) groups excluding carboxylic acids is 2. The van der Waals surface area contributed by atoms with Crippen LogP contribution in [0.15, 0.2) is 55.0 Å². The number of aromatic nitrogens is 3. The minimum absolute atomic E-state index is 0.00614. The fraction of sp³-hybridized carbons (Fsp3) is 0.387. The number of hydrogen-bond donors (Lipinski definition) is 1. The lowest BCUT2D eigenvalue weighted by Gasteiger charge is -2.30. The molecule has 0 aliphatic heterocycles. The van der Waals surface area contributed by atoms with Crippen LogP contribution in [0.3, 0.4) is 0 Å². The van der Waals surface area contributed by atoms with E-state index in [1.54, 1.807) is 59.9 Å². The summed E-state index contributed by atoms with van der Waals surface area (Å²) in [5.74, 6) is -0.618. The molecule has 0 saturated heterocycles. The van der Waals surface area contributed by atoms with Gasteiger partial charge < -0.3 is 14.8 Å². The zero-order chi connectivity index (χ0) is 33.2. The van der Waals surface area contributed by atoms with E-state index >= 15 is 0 Å². The Morgan fingerprint density at radius 3 is 2.22 bits per heavy atom. The molecule has 4 aromatic rings. The largest absolute Gasteiger partial charge is 0.444 e. The Morgan fingerprint density at radius 1 is 0.889 bits per heavy atom. The second-order valence-electron chi connectivity index (χ2n) is 12.3. The molecular formula is C31H33F4N5O4S. The Bertz CT molecular complexity index is 1660. The number of benzene rings is 1. The van der Waals surface area contributed by atoms with Crippen LogP contribution in [-0.4, -0.2) is 50.9 Å². The normalized spacial score (nSPS) is 12.9. The van der Waals surface area contributed by atoms with Crippen molar-refractivity contribution in [2.45, 2.75) is 71.4 Å². The van der Waals surface area contributed by atoms with E-state index < -0.39 is 47.2 Å². The van der Waals surface area contributed by atoms with E-state index in [2.05, 4.69) is 20.3 Å². The zero-order valence-electron chi connectivity index (χ0n) is 25.5. The maximum absolute atomic E-state index is 13.8. The van der Waals surface area contributed by atoms with E-state index in [-0.39, 0.29) is 18.1 Å². The molecule has 14 heteroatoms. The number of alkyl halides is 3. The number of anilines is 1. The van der Waals surface area contributed by atoms with Gasteiger partial charge in [0.2, 0.25) is 5.95 Å². The van der Waals surface area contributed by atoms with E-state index in [4.69, 9.17) is 9.47 Å². The molecule has 3 aromatic heterocycles. The number of nitrogens with zero attached hydrogens (tertiary/aromatic N) is 4. The van der Waals surface area contributed by atoms with Gasteiger partial charge >= 0.3 is 18.4 Å². The monoisotopic (exact) mass is 647 g/mol. The topological polar surface area (TPSA) is 107 Å². The molecule has 9 nitrogen and oxygen atoms in total. The lowest BCUT2D eigenvalue weighted by atomic mass is 10.1. The number of fused-ring (bicyclic) bond motifs is 1. The molecule has 0 spiro atoms. The molecule has 0 fully saturated rings. The van der Waals surface area contributed by atoms with Crippen LogP contribution in [0.1, 0.15) is 52.8 Å². The van der Waals surface area contributed by atoms with Crippen LogP contribution in [0, 0.1) is 5.95 Å². The number of alkyl carbamates (subject to hydrolysis) is 1. The average molecular weight is 648 g/mol. The van der Waals surface area contributed by atoms with Gasteiger partial charge in [0.1, 0.15) is 16.9 Å². The molecule has 1 atom stereocenters. The Balaban J connectivity index is 1.67. The van der Waals surface area contributed by atoms with E-state index in [9.17, 15) is 27.2 Å². The highest BCUT2D eigenvalue weighted by Gasteiger charge is 2.33. The minimum Gasteiger partial charge on any atom is -0.444 e. The predicted octanol–water partition coefficient (Wildman–Crippen LogP) is 7.79. The van der Waals surface area contributed by atoms with Crippen LogP contribution < -0.4 is 10.2 Å². The van der Waals surface area contributed by atoms with Gasteiger partial charge in [-0.15, -0.1) is 0 Å². The highest BCUT2D eigenvalue weighted by Crippen LogP contribution is 2.34. The van der Waals surface area contributed by atoms with Crippen molar-refractivity contribution in [3.05, 3.63) is 72.2 Å². The number of hydrogen-bond acceptors (Lipinski definition) is 8. The van der Waals surface area contributed by atoms with Crippen LogP contribution >= 0.6 is 11.3 Å². The number of amides is 2. The molecule has 45 heavy (non-hydrogen) atoms. The molecule has 0 radical (unpaired) electrons. The van der Waals surface area contributed by atoms with E-state index in [1.165, 1.54) is 34.6 Å². The summed E-state index contributed by atoms with van der Waals surface area (Å²) >= 11 is 1.17. The second kappa shape index (κ2) is 13.0. The predicted molar refractivity (Wildman–Crippen MR) is 162 cm³/mol. The molecule has 3 heterocycles. The van der Waals surface area contributed by atoms with E-state index in [1.807, 2.05) is 6.07 Å². The Kier molecular flexibility index (Phi) is 9.66. The van der Waals surface area contributed by atoms with Crippen LogP contribution in [-0.2, 0) is 22.1 Å². The first kappa shape index (κ1) is 33.6. The number of rotatable bonds is 7. The number of ether oxygens (including phenoxy) is 2. The van der Waals surface area contributed by atoms with Gasteiger partial charge in [-0.3, -0.25) is 9.88 Å². The Hall–Kier alpha value is -4.33. The molecule has 0 bridgehead atoms. The van der Waals surface area contributed by atoms with Crippen molar-refractivity contribution in [3.8, 4) is 10.4 Å². The summed E-state index contributed by atoms with van der Waals surface area (Å²) < 4.78 is 64.1. The molecule has 0 saturated carbocycles. The first-order valence-electron chi connectivity index (χ1n) is 13.9. The van der Waals surface area contributed by atoms with Gasteiger partial charge in [-0.05, 0) is 76.6 Å². The average Bonchev–Trinajstić information content (AvgIpc) is 3.39. The van der Waals surface area contributed by atoms with Crippen molar-refractivity contribution in [1.82, 2.24) is 20.3 Å². The number of halogens is 4. The zero-order valence-corrected chi connectivity index (χ0v) is 26.3. The molecular weight excluding hydrogens is 614 g/mol. The number of pyridine rings is 2. The second-order valence-corrected chi connectivity index (χ2v) is 13.3. The Morgan fingerprint density at radius 2 is 1.60 bits per heavy atom. The first-order chi connectivity index (χ1) is 20.9. The third kappa shape index (κ3) is 9.58. The fourth-order valence-corrected chi connectivity index (χ4v) is 5.10. The van der Waals surface area contributed by atoms with Gasteiger partial charge in [-0.1, -0.05) is 29.5 Å². The van der Waals surface area contributed by atoms with Gasteiger partial charge in [0.25, 0.3) is 0 Å². The molecule has 1 aromatic carbocycles. The number of thiazole rings is 1. The molecule has 1 N–H and O–H groups in total. The minimum atomic E-state index is -4.61. The SMILES string of the molecule is CC(C)(C)OC(=O)NC(Cc1ccc(C(F)(F)F)nc1)CN(C(=O)OC(C)(C)C)c1ncc(-c2ccc3cnc(F)cc3c2)s1. The van der Waals surface area contributed by atoms with Crippen molar-refractivity contribution in [1.29, 1.82) is 0 Å². The first-order valence-corrected chi connectivity index (χ1v) is 14.7. The van der Waals surface area contributed by atoms with Crippen LogP contribution in [0.5, 0.6) is 0 Å². The quantitative estimate of drug-likeness (QED) is 0.161. The highest BCUT2D eigenvalue weighted by molar-refractivity contribution is 7.19. The number of nitrogens with one attached hydrogen (secondary N) is 1. The maximum Gasteiger partial charge on any atom is 0.433 e. The molecule has 240 valence electrons. The molecule has 4 rings (SSSR count). The number of carbonyl (C=O) groups is 2. The van der Waals surface area contributed by atoms with Crippen molar-refractivity contribution in [2.24, 2.45) is 0 Å². The summed E-state index contributed by atoms with van der Waals surface area (Å²) in [5, 5.41) is 4.34. The summed E-state index contributed by atoms with van der Waals surface area (Å²) in [6.07, 6.45) is -2.08. The lowest BCUT2D eigenvalue weighted by molar-refractivity contribution is -0.141. The lowest BCUT2D eigenvalue weighted by Crippen LogP contribution is -2.49.